The van der Waals surface area contributed by atoms with Crippen LogP contribution in [0.15, 0.2) is 30.3 Å². The van der Waals surface area contributed by atoms with Gasteiger partial charge in [-0.05, 0) is 39.2 Å². The van der Waals surface area contributed by atoms with Gasteiger partial charge in [-0.1, -0.05) is 37.3 Å². The fourth-order valence-electron chi connectivity index (χ4n) is 3.01. The third-order valence-electron chi connectivity index (χ3n) is 4.22. The summed E-state index contributed by atoms with van der Waals surface area (Å²) in [6, 6.07) is 9.74. The SMILES string of the molecule is CC1CN(C(=O)OC(C)(C)C)CCCC1(O)c1ccccc1. The molecular weight excluding hydrogens is 278 g/mol. The van der Waals surface area contributed by atoms with Gasteiger partial charge in [0.2, 0.25) is 0 Å². The van der Waals surface area contributed by atoms with Gasteiger partial charge in [0, 0.05) is 19.0 Å². The Labute approximate surface area is 133 Å². The molecule has 22 heavy (non-hydrogen) atoms. The molecule has 0 aromatic heterocycles. The van der Waals surface area contributed by atoms with Crippen molar-refractivity contribution < 1.29 is 14.6 Å². The lowest BCUT2D eigenvalue weighted by Gasteiger charge is -2.34. The Morgan fingerprint density at radius 2 is 1.95 bits per heavy atom. The summed E-state index contributed by atoms with van der Waals surface area (Å²) in [5.41, 5.74) is -0.464. The number of aliphatic hydroxyl groups is 1. The fourth-order valence-corrected chi connectivity index (χ4v) is 3.01. The van der Waals surface area contributed by atoms with Crippen molar-refractivity contribution in [3.05, 3.63) is 35.9 Å². The zero-order valence-electron chi connectivity index (χ0n) is 14.0. The standard InChI is InChI=1S/C18H27NO3/c1-14-13-19(16(20)22-17(2,3)4)12-8-11-18(14,21)15-9-6-5-7-10-15/h5-7,9-10,14,21H,8,11-13H2,1-4H3. The van der Waals surface area contributed by atoms with Crippen molar-refractivity contribution in [2.75, 3.05) is 13.1 Å². The number of rotatable bonds is 1. The molecule has 1 heterocycles. The number of amides is 1. The lowest BCUT2D eigenvalue weighted by Crippen LogP contribution is -2.42. The maximum Gasteiger partial charge on any atom is 0.410 e. The van der Waals surface area contributed by atoms with E-state index in [2.05, 4.69) is 0 Å². The van der Waals surface area contributed by atoms with Gasteiger partial charge in [0.05, 0.1) is 5.60 Å². The van der Waals surface area contributed by atoms with Crippen molar-refractivity contribution in [2.24, 2.45) is 5.92 Å². The average Bonchev–Trinajstić information content (AvgIpc) is 2.59. The van der Waals surface area contributed by atoms with E-state index in [1.54, 1.807) is 4.90 Å². The van der Waals surface area contributed by atoms with Crippen LogP contribution in [0, 0.1) is 5.92 Å². The Morgan fingerprint density at radius 3 is 2.55 bits per heavy atom. The number of likely N-dealkylation sites (tertiary alicyclic amines) is 1. The summed E-state index contributed by atoms with van der Waals surface area (Å²) >= 11 is 0. The summed E-state index contributed by atoms with van der Waals surface area (Å²) in [4.78, 5) is 14.0. The molecule has 2 rings (SSSR count). The highest BCUT2D eigenvalue weighted by Crippen LogP contribution is 2.37. The first-order chi connectivity index (χ1) is 10.2. The van der Waals surface area contributed by atoms with E-state index in [0.29, 0.717) is 19.5 Å². The van der Waals surface area contributed by atoms with E-state index in [9.17, 15) is 9.90 Å². The van der Waals surface area contributed by atoms with Gasteiger partial charge in [-0.2, -0.15) is 0 Å². The fraction of sp³-hybridized carbons (Fsp3) is 0.611. The molecule has 1 aromatic rings. The number of benzene rings is 1. The molecule has 1 fully saturated rings. The minimum absolute atomic E-state index is 0.0510. The second-order valence-electron chi connectivity index (χ2n) is 7.22. The van der Waals surface area contributed by atoms with Crippen molar-refractivity contribution in [3.63, 3.8) is 0 Å². The van der Waals surface area contributed by atoms with E-state index in [-0.39, 0.29) is 12.0 Å². The van der Waals surface area contributed by atoms with Gasteiger partial charge in [-0.15, -0.1) is 0 Å². The number of carbonyl (C=O) groups is 1. The van der Waals surface area contributed by atoms with Gasteiger partial charge >= 0.3 is 6.09 Å². The molecule has 4 nitrogen and oxygen atoms in total. The van der Waals surface area contributed by atoms with E-state index < -0.39 is 11.2 Å². The molecule has 1 aliphatic heterocycles. The van der Waals surface area contributed by atoms with Gasteiger partial charge in [0.25, 0.3) is 0 Å². The van der Waals surface area contributed by atoms with Crippen LogP contribution in [-0.4, -0.2) is 34.8 Å². The maximum absolute atomic E-state index is 12.3. The first-order valence-corrected chi connectivity index (χ1v) is 7.98. The normalized spacial score (nSPS) is 26.4. The van der Waals surface area contributed by atoms with Crippen molar-refractivity contribution in [2.45, 2.75) is 51.7 Å². The van der Waals surface area contributed by atoms with E-state index in [1.165, 1.54) is 0 Å². The van der Waals surface area contributed by atoms with E-state index >= 15 is 0 Å². The second kappa shape index (κ2) is 6.29. The number of ether oxygens (including phenoxy) is 1. The monoisotopic (exact) mass is 305 g/mol. The number of hydrogen-bond donors (Lipinski definition) is 1. The first-order valence-electron chi connectivity index (χ1n) is 7.98. The quantitative estimate of drug-likeness (QED) is 0.863. The van der Waals surface area contributed by atoms with E-state index in [0.717, 1.165) is 12.0 Å². The zero-order chi connectivity index (χ0) is 16.4. The molecule has 1 N–H and O–H groups in total. The predicted octanol–water partition coefficient (Wildman–Crippen LogP) is 3.54. The number of nitrogens with zero attached hydrogens (tertiary/aromatic N) is 1. The third-order valence-corrected chi connectivity index (χ3v) is 4.22. The van der Waals surface area contributed by atoms with Crippen LogP contribution in [0.4, 0.5) is 4.79 Å². The Balaban J connectivity index is 2.14. The molecule has 1 aromatic carbocycles. The number of carbonyl (C=O) groups excluding carboxylic acids is 1. The molecule has 0 bridgehead atoms. The van der Waals surface area contributed by atoms with Crippen molar-refractivity contribution in [1.82, 2.24) is 4.90 Å². The molecule has 1 saturated heterocycles. The minimum Gasteiger partial charge on any atom is -0.444 e. The van der Waals surface area contributed by atoms with Crippen LogP contribution in [-0.2, 0) is 10.3 Å². The highest BCUT2D eigenvalue weighted by Gasteiger charge is 2.39. The Bertz CT molecular complexity index is 509. The lowest BCUT2D eigenvalue weighted by molar-refractivity contribution is -0.0266. The molecule has 2 unspecified atom stereocenters. The molecule has 2 atom stereocenters. The summed E-state index contributed by atoms with van der Waals surface area (Å²) in [5, 5.41) is 11.1. The lowest BCUT2D eigenvalue weighted by atomic mass is 9.79. The summed E-state index contributed by atoms with van der Waals surface area (Å²) in [5.74, 6) is -0.0510. The highest BCUT2D eigenvalue weighted by molar-refractivity contribution is 5.68. The van der Waals surface area contributed by atoms with Crippen molar-refractivity contribution in [1.29, 1.82) is 0 Å². The Kier molecular flexibility index (Phi) is 4.81. The van der Waals surface area contributed by atoms with Gasteiger partial charge in [-0.3, -0.25) is 0 Å². The molecule has 0 saturated carbocycles. The van der Waals surface area contributed by atoms with Crippen molar-refractivity contribution >= 4 is 6.09 Å². The summed E-state index contributed by atoms with van der Waals surface area (Å²) in [6.07, 6.45) is 1.11. The van der Waals surface area contributed by atoms with Gasteiger partial charge in [0.1, 0.15) is 5.60 Å². The van der Waals surface area contributed by atoms with Crippen LogP contribution in [0.25, 0.3) is 0 Å². The molecule has 1 aliphatic rings. The van der Waals surface area contributed by atoms with Crippen LogP contribution in [0.3, 0.4) is 0 Å². The van der Waals surface area contributed by atoms with Crippen molar-refractivity contribution in [3.8, 4) is 0 Å². The molecule has 4 heteroatoms. The second-order valence-corrected chi connectivity index (χ2v) is 7.22. The maximum atomic E-state index is 12.3. The summed E-state index contributed by atoms with van der Waals surface area (Å²) < 4.78 is 5.46. The van der Waals surface area contributed by atoms with E-state index in [1.807, 2.05) is 58.0 Å². The molecular formula is C18H27NO3. The average molecular weight is 305 g/mol. The van der Waals surface area contributed by atoms with Gasteiger partial charge in [-0.25, -0.2) is 4.79 Å². The van der Waals surface area contributed by atoms with Crippen LogP contribution < -0.4 is 0 Å². The topological polar surface area (TPSA) is 49.8 Å². The molecule has 122 valence electrons. The Morgan fingerprint density at radius 1 is 1.32 bits per heavy atom. The highest BCUT2D eigenvalue weighted by atomic mass is 16.6. The molecule has 1 amide bonds. The molecule has 0 spiro atoms. The van der Waals surface area contributed by atoms with Crippen LogP contribution >= 0.6 is 0 Å². The van der Waals surface area contributed by atoms with Crippen LogP contribution in [0.2, 0.25) is 0 Å². The van der Waals surface area contributed by atoms with Crippen LogP contribution in [0.1, 0.15) is 46.1 Å². The van der Waals surface area contributed by atoms with Gasteiger partial charge < -0.3 is 14.7 Å². The summed E-state index contributed by atoms with van der Waals surface area (Å²) in [7, 11) is 0. The predicted molar refractivity (Wildman–Crippen MR) is 86.5 cm³/mol. The first kappa shape index (κ1) is 16.8. The largest absolute Gasteiger partial charge is 0.444 e. The minimum atomic E-state index is -0.891. The zero-order valence-corrected chi connectivity index (χ0v) is 14.0. The molecule has 0 radical (unpaired) electrons. The van der Waals surface area contributed by atoms with E-state index in [4.69, 9.17) is 4.74 Å². The Hall–Kier alpha value is -1.55. The molecule has 0 aliphatic carbocycles. The van der Waals surface area contributed by atoms with Crippen LogP contribution in [0.5, 0.6) is 0 Å². The smallest absolute Gasteiger partial charge is 0.410 e. The number of hydrogen-bond acceptors (Lipinski definition) is 3. The third kappa shape index (κ3) is 3.80. The summed E-state index contributed by atoms with van der Waals surface area (Å²) in [6.45, 7) is 8.72. The van der Waals surface area contributed by atoms with Gasteiger partial charge in [0.15, 0.2) is 0 Å².